The maximum atomic E-state index is 13.2. The molecule has 1 atom stereocenters. The van der Waals surface area contributed by atoms with E-state index in [0.717, 1.165) is 16.9 Å². The lowest BCUT2D eigenvalue weighted by molar-refractivity contribution is 0.0989. The molecule has 0 aliphatic heterocycles. The number of Topliss-reactive ketones (excluding diaryl/α,β-unsaturated/α-hetero) is 1. The molecule has 0 amide bonds. The van der Waals surface area contributed by atoms with Crippen LogP contribution in [0, 0.1) is 0 Å². The number of ether oxygens (including phenoxy) is 1. The van der Waals surface area contributed by atoms with Crippen LogP contribution < -0.4 is 4.74 Å². The van der Waals surface area contributed by atoms with E-state index in [1.54, 1.807) is 7.11 Å². The van der Waals surface area contributed by atoms with Gasteiger partial charge in [-0.15, -0.1) is 10.2 Å². The van der Waals surface area contributed by atoms with Crippen LogP contribution in [0.5, 0.6) is 5.75 Å². The first-order valence-electron chi connectivity index (χ1n) is 9.49. The van der Waals surface area contributed by atoms with Crippen LogP contribution in [0.15, 0.2) is 94.6 Å². The maximum absolute atomic E-state index is 13.2. The van der Waals surface area contributed by atoms with Gasteiger partial charge in [0.15, 0.2) is 5.78 Å². The van der Waals surface area contributed by atoms with Gasteiger partial charge >= 0.3 is 0 Å². The van der Waals surface area contributed by atoms with Crippen molar-refractivity contribution in [2.75, 3.05) is 7.11 Å². The van der Waals surface area contributed by atoms with E-state index in [1.165, 1.54) is 11.8 Å². The van der Waals surface area contributed by atoms with Gasteiger partial charge in [-0.05, 0) is 35.0 Å². The second kappa shape index (κ2) is 9.41. The highest BCUT2D eigenvalue weighted by atomic mass is 32.2. The number of rotatable bonds is 8. The maximum Gasteiger partial charge on any atom is 0.277 e. The zero-order valence-corrected chi connectivity index (χ0v) is 17.2. The van der Waals surface area contributed by atoms with Crippen LogP contribution in [0.3, 0.4) is 0 Å². The Labute approximate surface area is 179 Å². The van der Waals surface area contributed by atoms with Gasteiger partial charge in [-0.1, -0.05) is 72.8 Å². The number of nitrogens with zero attached hydrogens (tertiary/aromatic N) is 2. The minimum Gasteiger partial charge on any atom is -0.497 e. The molecule has 1 aromatic heterocycles. The number of thioether (sulfide) groups is 1. The summed E-state index contributed by atoms with van der Waals surface area (Å²) in [7, 11) is 1.64. The van der Waals surface area contributed by atoms with E-state index >= 15 is 0 Å². The molecule has 0 saturated carbocycles. The van der Waals surface area contributed by atoms with Crippen LogP contribution in [-0.4, -0.2) is 23.1 Å². The second-order valence-electron chi connectivity index (χ2n) is 6.63. The predicted octanol–water partition coefficient (Wildman–Crippen LogP) is 5.39. The first-order valence-corrected chi connectivity index (χ1v) is 10.4. The van der Waals surface area contributed by atoms with E-state index in [2.05, 4.69) is 10.2 Å². The first kappa shape index (κ1) is 19.9. The van der Waals surface area contributed by atoms with Crippen LogP contribution >= 0.6 is 11.8 Å². The summed E-state index contributed by atoms with van der Waals surface area (Å²) < 4.78 is 11.0. The summed E-state index contributed by atoms with van der Waals surface area (Å²) in [6.07, 6.45) is 0.514. The number of ketones is 1. The summed E-state index contributed by atoms with van der Waals surface area (Å²) in [6.45, 7) is 0. The topological polar surface area (TPSA) is 65.2 Å². The molecule has 6 heteroatoms. The van der Waals surface area contributed by atoms with Gasteiger partial charge in [0.05, 0.1) is 13.5 Å². The highest BCUT2D eigenvalue weighted by Gasteiger charge is 2.25. The lowest BCUT2D eigenvalue weighted by atomic mass is 10.0. The Balaban J connectivity index is 1.54. The molecule has 0 fully saturated rings. The van der Waals surface area contributed by atoms with Gasteiger partial charge in [0.1, 0.15) is 11.0 Å². The molecule has 4 aromatic rings. The number of hydrogen-bond donors (Lipinski definition) is 0. The minimum atomic E-state index is -0.470. The largest absolute Gasteiger partial charge is 0.497 e. The average Bonchev–Trinajstić information content (AvgIpc) is 3.25. The Bertz CT molecular complexity index is 1100. The molecular weight excluding hydrogens is 396 g/mol. The number of carbonyl (C=O) groups excluding carboxylic acids is 1. The van der Waals surface area contributed by atoms with Crippen molar-refractivity contribution in [3.63, 3.8) is 0 Å². The Morgan fingerprint density at radius 2 is 1.60 bits per heavy atom. The van der Waals surface area contributed by atoms with Gasteiger partial charge in [-0.3, -0.25) is 4.79 Å². The van der Waals surface area contributed by atoms with Gasteiger partial charge in [0.2, 0.25) is 5.89 Å². The number of aromatic nitrogens is 2. The zero-order valence-electron chi connectivity index (χ0n) is 16.4. The molecule has 30 heavy (non-hydrogen) atoms. The Kier molecular flexibility index (Phi) is 6.25. The highest BCUT2D eigenvalue weighted by molar-refractivity contribution is 8.00. The molecule has 0 aliphatic rings. The van der Waals surface area contributed by atoms with E-state index in [0.29, 0.717) is 23.1 Å². The molecule has 0 N–H and O–H groups in total. The van der Waals surface area contributed by atoms with Crippen LogP contribution in [0.2, 0.25) is 0 Å². The average molecular weight is 417 g/mol. The number of carbonyl (C=O) groups is 1. The van der Waals surface area contributed by atoms with E-state index in [1.807, 2.05) is 84.9 Å². The molecule has 3 aromatic carbocycles. The molecule has 0 radical (unpaired) electrons. The molecule has 150 valence electrons. The third-order valence-electron chi connectivity index (χ3n) is 4.58. The number of benzene rings is 3. The Hall–Kier alpha value is -3.38. The van der Waals surface area contributed by atoms with Crippen molar-refractivity contribution in [3.8, 4) is 5.75 Å². The standard InChI is InChI=1S/C24H20N2O3S/c1-28-20-14-12-17(13-15-20)16-21-25-26-24(29-21)30-23(19-10-6-3-7-11-19)22(27)18-8-4-2-5-9-18/h2-15,23H,16H2,1H3/t23-/m0/s1. The van der Waals surface area contributed by atoms with E-state index in [9.17, 15) is 4.79 Å². The zero-order chi connectivity index (χ0) is 20.8. The predicted molar refractivity (Wildman–Crippen MR) is 116 cm³/mol. The molecule has 1 heterocycles. The molecule has 0 unspecified atom stereocenters. The molecular formula is C24H20N2O3S. The van der Waals surface area contributed by atoms with Gasteiger partial charge in [0.25, 0.3) is 5.22 Å². The smallest absolute Gasteiger partial charge is 0.277 e. The summed E-state index contributed by atoms with van der Waals surface area (Å²) >= 11 is 1.27. The fourth-order valence-electron chi connectivity index (χ4n) is 3.03. The van der Waals surface area contributed by atoms with Gasteiger partial charge in [0, 0.05) is 5.56 Å². The van der Waals surface area contributed by atoms with Crippen molar-refractivity contribution < 1.29 is 13.9 Å². The molecule has 4 rings (SSSR count). The quantitative estimate of drug-likeness (QED) is 0.284. The van der Waals surface area contributed by atoms with Gasteiger partial charge < -0.3 is 9.15 Å². The molecule has 0 saturated heterocycles. The third kappa shape index (κ3) is 4.78. The SMILES string of the molecule is COc1ccc(Cc2nnc(S[C@H](C(=O)c3ccccc3)c3ccccc3)o2)cc1. The second-order valence-corrected chi connectivity index (χ2v) is 7.68. The van der Waals surface area contributed by atoms with Crippen molar-refractivity contribution in [2.45, 2.75) is 16.9 Å². The number of methoxy groups -OCH3 is 1. The molecule has 0 aliphatic carbocycles. The summed E-state index contributed by atoms with van der Waals surface area (Å²) in [6, 6.07) is 26.6. The van der Waals surface area contributed by atoms with Crippen molar-refractivity contribution in [1.29, 1.82) is 0 Å². The summed E-state index contributed by atoms with van der Waals surface area (Å²) in [4.78, 5) is 13.2. The third-order valence-corrected chi connectivity index (χ3v) is 5.67. The summed E-state index contributed by atoms with van der Waals surface area (Å²) in [5.41, 5.74) is 2.58. The van der Waals surface area contributed by atoms with Crippen LogP contribution in [0.1, 0.15) is 32.6 Å². The van der Waals surface area contributed by atoms with Crippen LogP contribution in [-0.2, 0) is 6.42 Å². The monoisotopic (exact) mass is 416 g/mol. The van der Waals surface area contributed by atoms with Crippen molar-refractivity contribution in [2.24, 2.45) is 0 Å². The normalized spacial score (nSPS) is 11.8. The highest BCUT2D eigenvalue weighted by Crippen LogP contribution is 2.37. The fourth-order valence-corrected chi connectivity index (χ4v) is 4.00. The summed E-state index contributed by atoms with van der Waals surface area (Å²) in [5.74, 6) is 1.30. The Morgan fingerprint density at radius 3 is 2.27 bits per heavy atom. The fraction of sp³-hybridized carbons (Fsp3) is 0.125. The van der Waals surface area contributed by atoms with E-state index in [4.69, 9.17) is 9.15 Å². The van der Waals surface area contributed by atoms with Crippen molar-refractivity contribution >= 4 is 17.5 Å². The molecule has 5 nitrogen and oxygen atoms in total. The van der Waals surface area contributed by atoms with Gasteiger partial charge in [-0.25, -0.2) is 0 Å². The number of hydrogen-bond acceptors (Lipinski definition) is 6. The van der Waals surface area contributed by atoms with E-state index < -0.39 is 5.25 Å². The van der Waals surface area contributed by atoms with E-state index in [-0.39, 0.29) is 5.78 Å². The lowest BCUT2D eigenvalue weighted by Crippen LogP contribution is -2.10. The van der Waals surface area contributed by atoms with Crippen molar-refractivity contribution in [1.82, 2.24) is 10.2 Å². The van der Waals surface area contributed by atoms with Gasteiger partial charge in [-0.2, -0.15) is 0 Å². The van der Waals surface area contributed by atoms with Crippen molar-refractivity contribution in [3.05, 3.63) is 108 Å². The molecule has 0 bridgehead atoms. The van der Waals surface area contributed by atoms with Crippen LogP contribution in [0.4, 0.5) is 0 Å². The first-order chi connectivity index (χ1) is 14.7. The van der Waals surface area contributed by atoms with Crippen LogP contribution in [0.25, 0.3) is 0 Å². The Morgan fingerprint density at radius 1 is 0.933 bits per heavy atom. The molecule has 0 spiro atoms. The summed E-state index contributed by atoms with van der Waals surface area (Å²) in [5, 5.41) is 8.21. The lowest BCUT2D eigenvalue weighted by Gasteiger charge is -2.14. The minimum absolute atomic E-state index is 0.00158.